The fourth-order valence-electron chi connectivity index (χ4n) is 1.04. The maximum atomic E-state index is 4.12. The van der Waals surface area contributed by atoms with E-state index in [0.717, 1.165) is 11.7 Å². The minimum Gasteiger partial charge on any atom is -0.346 e. The normalized spacial score (nSPS) is 18.3. The Morgan fingerprint density at radius 2 is 2.44 bits per heavy atom. The van der Waals surface area contributed by atoms with Gasteiger partial charge in [0.25, 0.3) is 0 Å². The van der Waals surface area contributed by atoms with Crippen molar-refractivity contribution < 1.29 is 0 Å². The second-order valence-corrected chi connectivity index (χ2v) is 2.70. The SMILES string of the molecule is Cc1ncc(C2CC2)[nH]1. The van der Waals surface area contributed by atoms with Crippen molar-refractivity contribution in [2.45, 2.75) is 25.7 Å². The van der Waals surface area contributed by atoms with Crippen molar-refractivity contribution in [3.05, 3.63) is 17.7 Å². The average Bonchev–Trinajstić information content (AvgIpc) is 2.58. The van der Waals surface area contributed by atoms with Crippen molar-refractivity contribution in [3.8, 4) is 0 Å². The molecule has 1 aromatic heterocycles. The zero-order valence-corrected chi connectivity index (χ0v) is 5.52. The monoisotopic (exact) mass is 122 g/mol. The molecule has 0 aliphatic heterocycles. The van der Waals surface area contributed by atoms with E-state index < -0.39 is 0 Å². The van der Waals surface area contributed by atoms with E-state index in [1.54, 1.807) is 0 Å². The van der Waals surface area contributed by atoms with Crippen LogP contribution >= 0.6 is 0 Å². The van der Waals surface area contributed by atoms with E-state index in [0.29, 0.717) is 0 Å². The predicted molar refractivity (Wildman–Crippen MR) is 35.3 cm³/mol. The van der Waals surface area contributed by atoms with Crippen LogP contribution in [0.5, 0.6) is 0 Å². The van der Waals surface area contributed by atoms with Crippen LogP contribution in [-0.4, -0.2) is 9.97 Å². The second-order valence-electron chi connectivity index (χ2n) is 2.70. The zero-order chi connectivity index (χ0) is 6.27. The van der Waals surface area contributed by atoms with Gasteiger partial charge in [0.15, 0.2) is 0 Å². The lowest BCUT2D eigenvalue weighted by Gasteiger charge is -1.85. The first-order valence-corrected chi connectivity index (χ1v) is 3.38. The third-order valence-electron chi connectivity index (χ3n) is 1.74. The average molecular weight is 122 g/mol. The lowest BCUT2D eigenvalue weighted by atomic mass is 10.3. The van der Waals surface area contributed by atoms with Crippen LogP contribution in [0.25, 0.3) is 0 Å². The Kier molecular flexibility index (Phi) is 0.891. The molecule has 0 aromatic carbocycles. The van der Waals surface area contributed by atoms with Gasteiger partial charge < -0.3 is 4.98 Å². The Morgan fingerprint density at radius 3 is 2.89 bits per heavy atom. The number of nitrogens with zero attached hydrogens (tertiary/aromatic N) is 1. The number of hydrogen-bond donors (Lipinski definition) is 1. The number of rotatable bonds is 1. The first-order valence-electron chi connectivity index (χ1n) is 3.38. The van der Waals surface area contributed by atoms with Gasteiger partial charge in [-0.1, -0.05) is 0 Å². The molecule has 0 radical (unpaired) electrons. The van der Waals surface area contributed by atoms with Gasteiger partial charge in [-0.2, -0.15) is 0 Å². The number of aromatic nitrogens is 2. The summed E-state index contributed by atoms with van der Waals surface area (Å²) in [7, 11) is 0. The molecule has 0 atom stereocenters. The molecular formula is C7H10N2. The maximum absolute atomic E-state index is 4.12. The van der Waals surface area contributed by atoms with E-state index in [1.165, 1.54) is 18.5 Å². The van der Waals surface area contributed by atoms with Crippen LogP contribution in [0.15, 0.2) is 6.20 Å². The summed E-state index contributed by atoms with van der Waals surface area (Å²) in [4.78, 5) is 7.35. The Hall–Kier alpha value is -0.790. The van der Waals surface area contributed by atoms with Crippen LogP contribution in [0.2, 0.25) is 0 Å². The number of imidazole rings is 1. The van der Waals surface area contributed by atoms with E-state index in [4.69, 9.17) is 0 Å². The van der Waals surface area contributed by atoms with E-state index >= 15 is 0 Å². The van der Waals surface area contributed by atoms with Crippen LogP contribution in [-0.2, 0) is 0 Å². The largest absolute Gasteiger partial charge is 0.346 e. The molecule has 2 heteroatoms. The van der Waals surface area contributed by atoms with Gasteiger partial charge in [0.1, 0.15) is 5.82 Å². The van der Waals surface area contributed by atoms with Crippen molar-refractivity contribution >= 4 is 0 Å². The molecule has 9 heavy (non-hydrogen) atoms. The Balaban J connectivity index is 2.28. The molecule has 1 N–H and O–H groups in total. The molecule has 1 aliphatic carbocycles. The fraction of sp³-hybridized carbons (Fsp3) is 0.571. The van der Waals surface area contributed by atoms with Crippen molar-refractivity contribution in [1.82, 2.24) is 9.97 Å². The van der Waals surface area contributed by atoms with Gasteiger partial charge in [0, 0.05) is 17.8 Å². The highest BCUT2D eigenvalue weighted by Gasteiger charge is 2.24. The number of nitrogens with one attached hydrogen (secondary N) is 1. The van der Waals surface area contributed by atoms with Crippen LogP contribution in [0.1, 0.15) is 30.3 Å². The Morgan fingerprint density at radius 1 is 1.67 bits per heavy atom. The number of hydrogen-bond acceptors (Lipinski definition) is 1. The molecule has 1 fully saturated rings. The molecule has 1 saturated carbocycles. The minimum atomic E-state index is 0.811. The highest BCUT2D eigenvalue weighted by Crippen LogP contribution is 2.38. The van der Waals surface area contributed by atoms with Gasteiger partial charge in [0.05, 0.1) is 0 Å². The molecule has 2 nitrogen and oxygen atoms in total. The molecule has 0 bridgehead atoms. The van der Waals surface area contributed by atoms with Gasteiger partial charge >= 0.3 is 0 Å². The highest BCUT2D eigenvalue weighted by molar-refractivity contribution is 5.12. The maximum Gasteiger partial charge on any atom is 0.103 e. The van der Waals surface area contributed by atoms with Gasteiger partial charge in [0.2, 0.25) is 0 Å². The molecule has 1 heterocycles. The summed E-state index contributed by atoms with van der Waals surface area (Å²) >= 11 is 0. The summed E-state index contributed by atoms with van der Waals surface area (Å²) in [6.07, 6.45) is 4.65. The van der Waals surface area contributed by atoms with Gasteiger partial charge in [-0.3, -0.25) is 0 Å². The number of H-pyrrole nitrogens is 1. The number of aryl methyl sites for hydroxylation is 1. The van der Waals surface area contributed by atoms with Crippen molar-refractivity contribution in [1.29, 1.82) is 0 Å². The summed E-state index contributed by atoms with van der Waals surface area (Å²) in [5.41, 5.74) is 1.33. The lowest BCUT2D eigenvalue weighted by Crippen LogP contribution is -1.76. The third-order valence-corrected chi connectivity index (χ3v) is 1.74. The fourth-order valence-corrected chi connectivity index (χ4v) is 1.04. The summed E-state index contributed by atoms with van der Waals surface area (Å²) in [5, 5.41) is 0. The molecule has 1 aliphatic rings. The van der Waals surface area contributed by atoms with Gasteiger partial charge in [-0.25, -0.2) is 4.98 Å². The molecule has 0 saturated heterocycles. The van der Waals surface area contributed by atoms with Crippen LogP contribution in [0.4, 0.5) is 0 Å². The van der Waals surface area contributed by atoms with E-state index in [-0.39, 0.29) is 0 Å². The van der Waals surface area contributed by atoms with Gasteiger partial charge in [-0.15, -0.1) is 0 Å². The van der Waals surface area contributed by atoms with Crippen molar-refractivity contribution in [2.24, 2.45) is 0 Å². The Labute approximate surface area is 54.3 Å². The molecule has 0 amide bonds. The van der Waals surface area contributed by atoms with Gasteiger partial charge in [-0.05, 0) is 19.8 Å². The topological polar surface area (TPSA) is 28.7 Å². The summed E-state index contributed by atoms with van der Waals surface area (Å²) in [6.45, 7) is 1.99. The predicted octanol–water partition coefficient (Wildman–Crippen LogP) is 1.60. The van der Waals surface area contributed by atoms with E-state index in [1.807, 2.05) is 13.1 Å². The molecule has 0 spiro atoms. The highest BCUT2D eigenvalue weighted by atomic mass is 14.9. The molecule has 1 aromatic rings. The summed E-state index contributed by atoms with van der Waals surface area (Å²) < 4.78 is 0. The quantitative estimate of drug-likeness (QED) is 0.602. The lowest BCUT2D eigenvalue weighted by molar-refractivity contribution is 1.03. The summed E-state index contributed by atoms with van der Waals surface area (Å²) in [5.74, 6) is 1.85. The van der Waals surface area contributed by atoms with E-state index in [9.17, 15) is 0 Å². The molecule has 48 valence electrons. The third kappa shape index (κ3) is 0.846. The second kappa shape index (κ2) is 1.59. The van der Waals surface area contributed by atoms with Crippen LogP contribution in [0.3, 0.4) is 0 Å². The van der Waals surface area contributed by atoms with E-state index in [2.05, 4.69) is 9.97 Å². The summed E-state index contributed by atoms with van der Waals surface area (Å²) in [6, 6.07) is 0. The van der Waals surface area contributed by atoms with Crippen molar-refractivity contribution in [3.63, 3.8) is 0 Å². The molecule has 0 unspecified atom stereocenters. The van der Waals surface area contributed by atoms with Crippen LogP contribution in [0, 0.1) is 6.92 Å². The smallest absolute Gasteiger partial charge is 0.103 e. The number of aromatic amines is 1. The first-order chi connectivity index (χ1) is 4.36. The minimum absolute atomic E-state index is 0.811. The molecule has 2 rings (SSSR count). The Bertz CT molecular complexity index is 210. The molecular weight excluding hydrogens is 112 g/mol. The standard InChI is InChI=1S/C7H10N2/c1-5-8-4-7(9-5)6-2-3-6/h4,6H,2-3H2,1H3,(H,8,9). The van der Waals surface area contributed by atoms with Crippen LogP contribution < -0.4 is 0 Å². The first kappa shape index (κ1) is 5.03. The van der Waals surface area contributed by atoms with Crippen molar-refractivity contribution in [2.75, 3.05) is 0 Å². The zero-order valence-electron chi connectivity index (χ0n) is 5.52.